The molecule has 0 bridgehead atoms. The molecule has 8 heteroatoms. The Kier molecular flexibility index (Phi) is 7.82. The van der Waals surface area contributed by atoms with Crippen LogP contribution in [0.15, 0.2) is 66.0 Å². The van der Waals surface area contributed by atoms with Crippen molar-refractivity contribution in [1.29, 1.82) is 0 Å². The highest BCUT2D eigenvalue weighted by Crippen LogP contribution is 2.34. The summed E-state index contributed by atoms with van der Waals surface area (Å²) in [6.07, 6.45) is 1.90. The largest absolute Gasteiger partial charge is 0.493 e. The van der Waals surface area contributed by atoms with E-state index < -0.39 is 6.04 Å². The van der Waals surface area contributed by atoms with Crippen LogP contribution in [0.1, 0.15) is 34.1 Å². The standard InChI is InChI=1S/C26H28N2O5S/c1-31-21-13-12-18(16-22(21)32-2)26(30)28(19-8-4-3-5-9-19)24(23-11-7-15-34-23)25(29)27-17-20-10-6-14-33-20/h3-5,7-9,11-13,15-16,20,24H,6,10,14,17H2,1-2H3,(H,27,29)/t20-,24-/m1/s1. The van der Waals surface area contributed by atoms with Crippen molar-refractivity contribution in [3.8, 4) is 11.5 Å². The first kappa shape index (κ1) is 23.8. The van der Waals surface area contributed by atoms with Crippen LogP contribution in [0.25, 0.3) is 0 Å². The lowest BCUT2D eigenvalue weighted by Crippen LogP contribution is -2.45. The molecule has 4 rings (SSSR count). The SMILES string of the molecule is COc1ccc(C(=O)N(c2ccccc2)[C@@H](C(=O)NC[C@H]2CCCO2)c2cccs2)cc1OC. The van der Waals surface area contributed by atoms with E-state index in [0.717, 1.165) is 17.7 Å². The second-order valence-electron chi connectivity index (χ2n) is 7.88. The van der Waals surface area contributed by atoms with Gasteiger partial charge in [-0.1, -0.05) is 24.3 Å². The van der Waals surface area contributed by atoms with Gasteiger partial charge in [-0.2, -0.15) is 0 Å². The van der Waals surface area contributed by atoms with E-state index in [2.05, 4.69) is 5.32 Å². The van der Waals surface area contributed by atoms with Crippen LogP contribution < -0.4 is 19.7 Å². The van der Waals surface area contributed by atoms with Gasteiger partial charge in [0, 0.05) is 29.3 Å². The average molecular weight is 481 g/mol. The molecule has 2 aromatic carbocycles. The molecule has 0 saturated carbocycles. The number of hydrogen-bond donors (Lipinski definition) is 1. The number of ether oxygens (including phenoxy) is 3. The fourth-order valence-electron chi connectivity index (χ4n) is 4.02. The molecule has 178 valence electrons. The van der Waals surface area contributed by atoms with E-state index in [1.807, 2.05) is 47.8 Å². The molecule has 1 saturated heterocycles. The molecular weight excluding hydrogens is 452 g/mol. The van der Waals surface area contributed by atoms with Crippen LogP contribution in [-0.2, 0) is 9.53 Å². The lowest BCUT2D eigenvalue weighted by Gasteiger charge is -2.31. The third-order valence-electron chi connectivity index (χ3n) is 5.73. The minimum atomic E-state index is -0.843. The minimum absolute atomic E-state index is 0.000313. The number of para-hydroxylation sites is 1. The summed E-state index contributed by atoms with van der Waals surface area (Å²) in [5.74, 6) is 0.389. The molecule has 1 aliphatic heterocycles. The van der Waals surface area contributed by atoms with Crippen molar-refractivity contribution < 1.29 is 23.8 Å². The van der Waals surface area contributed by atoms with Gasteiger partial charge in [0.15, 0.2) is 17.5 Å². The fraction of sp³-hybridized carbons (Fsp3) is 0.308. The van der Waals surface area contributed by atoms with Gasteiger partial charge >= 0.3 is 0 Å². The van der Waals surface area contributed by atoms with Crippen LogP contribution in [0.4, 0.5) is 5.69 Å². The van der Waals surface area contributed by atoms with Crippen LogP contribution in [0.2, 0.25) is 0 Å². The first-order chi connectivity index (χ1) is 16.6. The Hall–Kier alpha value is -3.36. The van der Waals surface area contributed by atoms with E-state index in [9.17, 15) is 9.59 Å². The highest BCUT2D eigenvalue weighted by Gasteiger charge is 2.35. The zero-order valence-electron chi connectivity index (χ0n) is 19.2. The predicted molar refractivity (Wildman–Crippen MR) is 132 cm³/mol. The third kappa shape index (κ3) is 5.24. The number of rotatable bonds is 9. The molecular formula is C26H28N2O5S. The first-order valence-corrected chi connectivity index (χ1v) is 12.0. The van der Waals surface area contributed by atoms with E-state index >= 15 is 0 Å². The van der Waals surface area contributed by atoms with Crippen LogP contribution in [-0.4, -0.2) is 45.3 Å². The lowest BCUT2D eigenvalue weighted by molar-refractivity contribution is -0.122. The molecule has 1 aliphatic rings. The number of methoxy groups -OCH3 is 2. The van der Waals surface area contributed by atoms with E-state index in [1.165, 1.54) is 23.3 Å². The van der Waals surface area contributed by atoms with Gasteiger partial charge in [0.05, 0.1) is 20.3 Å². The Morgan fingerprint density at radius 3 is 2.53 bits per heavy atom. The summed E-state index contributed by atoms with van der Waals surface area (Å²) in [4.78, 5) is 29.8. The Morgan fingerprint density at radius 1 is 1.09 bits per heavy atom. The van der Waals surface area contributed by atoms with Crippen molar-refractivity contribution in [3.63, 3.8) is 0 Å². The topological polar surface area (TPSA) is 77.1 Å². The highest BCUT2D eigenvalue weighted by molar-refractivity contribution is 7.10. The fourth-order valence-corrected chi connectivity index (χ4v) is 4.83. The van der Waals surface area contributed by atoms with E-state index in [4.69, 9.17) is 14.2 Å². The number of nitrogens with zero attached hydrogens (tertiary/aromatic N) is 1. The predicted octanol–water partition coefficient (Wildman–Crippen LogP) is 4.45. The van der Waals surface area contributed by atoms with E-state index in [-0.39, 0.29) is 17.9 Å². The van der Waals surface area contributed by atoms with Gasteiger partial charge in [-0.3, -0.25) is 14.5 Å². The summed E-state index contributed by atoms with van der Waals surface area (Å²) < 4.78 is 16.4. The summed E-state index contributed by atoms with van der Waals surface area (Å²) in [6.45, 7) is 1.12. The summed E-state index contributed by atoms with van der Waals surface area (Å²) in [5, 5.41) is 4.92. The molecule has 1 fully saturated rings. The van der Waals surface area contributed by atoms with Gasteiger partial charge < -0.3 is 19.5 Å². The van der Waals surface area contributed by atoms with Crippen molar-refractivity contribution in [2.75, 3.05) is 32.3 Å². The number of hydrogen-bond acceptors (Lipinski definition) is 6. The number of benzene rings is 2. The Labute approximate surface area is 203 Å². The molecule has 34 heavy (non-hydrogen) atoms. The van der Waals surface area contributed by atoms with Gasteiger partial charge in [-0.25, -0.2) is 0 Å². The maximum absolute atomic E-state index is 13.9. The van der Waals surface area contributed by atoms with Gasteiger partial charge in [0.1, 0.15) is 0 Å². The summed E-state index contributed by atoms with van der Waals surface area (Å²) in [7, 11) is 3.06. The van der Waals surface area contributed by atoms with Crippen LogP contribution in [0.3, 0.4) is 0 Å². The molecule has 1 N–H and O–H groups in total. The summed E-state index contributed by atoms with van der Waals surface area (Å²) in [5.41, 5.74) is 1.00. The molecule has 0 radical (unpaired) electrons. The number of nitrogens with one attached hydrogen (secondary N) is 1. The summed E-state index contributed by atoms with van der Waals surface area (Å²) >= 11 is 1.44. The van der Waals surface area contributed by atoms with Gasteiger partial charge in [-0.15, -0.1) is 11.3 Å². The molecule has 0 unspecified atom stereocenters. The second-order valence-corrected chi connectivity index (χ2v) is 8.86. The van der Waals surface area contributed by atoms with Crippen molar-refractivity contribution in [1.82, 2.24) is 5.32 Å². The van der Waals surface area contributed by atoms with Crippen LogP contribution in [0.5, 0.6) is 11.5 Å². The normalized spacial score (nSPS) is 16.0. The Morgan fingerprint density at radius 2 is 1.88 bits per heavy atom. The maximum Gasteiger partial charge on any atom is 0.259 e. The van der Waals surface area contributed by atoms with Crippen LogP contribution >= 0.6 is 11.3 Å². The molecule has 2 atom stereocenters. The monoisotopic (exact) mass is 480 g/mol. The van der Waals surface area contributed by atoms with Crippen molar-refractivity contribution >= 4 is 28.8 Å². The van der Waals surface area contributed by atoms with Gasteiger partial charge in [-0.05, 0) is 54.6 Å². The van der Waals surface area contributed by atoms with Gasteiger partial charge in [0.25, 0.3) is 5.91 Å². The molecule has 1 aromatic heterocycles. The number of carbonyl (C=O) groups excluding carboxylic acids is 2. The second kappa shape index (κ2) is 11.2. The number of amides is 2. The van der Waals surface area contributed by atoms with Crippen molar-refractivity contribution in [2.24, 2.45) is 0 Å². The van der Waals surface area contributed by atoms with Crippen molar-refractivity contribution in [3.05, 3.63) is 76.5 Å². The van der Waals surface area contributed by atoms with Crippen LogP contribution in [0, 0.1) is 0 Å². The number of thiophene rings is 1. The van der Waals surface area contributed by atoms with Crippen molar-refractivity contribution in [2.45, 2.75) is 25.0 Å². The smallest absolute Gasteiger partial charge is 0.259 e. The molecule has 0 aliphatic carbocycles. The number of anilines is 1. The first-order valence-electron chi connectivity index (χ1n) is 11.2. The Balaban J connectivity index is 1.72. The van der Waals surface area contributed by atoms with E-state index in [1.54, 1.807) is 25.3 Å². The summed E-state index contributed by atoms with van der Waals surface area (Å²) in [6, 6.07) is 17.1. The highest BCUT2D eigenvalue weighted by atomic mass is 32.1. The molecule has 3 aromatic rings. The lowest BCUT2D eigenvalue weighted by atomic mass is 10.1. The zero-order valence-corrected chi connectivity index (χ0v) is 20.0. The molecule has 2 amide bonds. The quantitative estimate of drug-likeness (QED) is 0.490. The van der Waals surface area contributed by atoms with Gasteiger partial charge in [0.2, 0.25) is 5.91 Å². The average Bonchev–Trinajstić information content (AvgIpc) is 3.60. The molecule has 2 heterocycles. The third-order valence-corrected chi connectivity index (χ3v) is 6.66. The Bertz CT molecular complexity index is 1100. The minimum Gasteiger partial charge on any atom is -0.493 e. The molecule has 0 spiro atoms. The maximum atomic E-state index is 13.9. The zero-order chi connectivity index (χ0) is 23.9. The van der Waals surface area contributed by atoms with E-state index in [0.29, 0.717) is 35.9 Å². The number of carbonyl (C=O) groups is 2. The molecule has 7 nitrogen and oxygen atoms in total.